The van der Waals surface area contributed by atoms with Crippen molar-refractivity contribution >= 4 is 11.9 Å². The predicted molar refractivity (Wildman–Crippen MR) is 59.6 cm³/mol. The Balaban J connectivity index is 2.10. The van der Waals surface area contributed by atoms with Crippen LogP contribution in [0.15, 0.2) is 47.1 Å². The Bertz CT molecular complexity index is 540. The molecule has 0 saturated carbocycles. The monoisotopic (exact) mass is 230 g/mol. The van der Waals surface area contributed by atoms with Crippen LogP contribution in [-0.4, -0.2) is 11.9 Å². The molecule has 2 rings (SSSR count). The maximum Gasteiger partial charge on any atom is 0.382 e. The Kier molecular flexibility index (Phi) is 3.05. The molecular formula is C13H10O4. The highest BCUT2D eigenvalue weighted by Crippen LogP contribution is 2.11. The van der Waals surface area contributed by atoms with Crippen molar-refractivity contribution in [2.75, 3.05) is 0 Å². The minimum absolute atomic E-state index is 0.0503. The number of ether oxygens (including phenoxy) is 1. The molecule has 1 heterocycles. The van der Waals surface area contributed by atoms with E-state index in [2.05, 4.69) is 0 Å². The third-order valence-corrected chi connectivity index (χ3v) is 2.24. The number of hydrogen-bond donors (Lipinski definition) is 0. The second-order valence-corrected chi connectivity index (χ2v) is 3.48. The third-order valence-electron chi connectivity index (χ3n) is 2.24. The molecule has 4 nitrogen and oxygen atoms in total. The summed E-state index contributed by atoms with van der Waals surface area (Å²) in [4.78, 5) is 23.2. The Morgan fingerprint density at radius 2 is 1.76 bits per heavy atom. The fourth-order valence-corrected chi connectivity index (χ4v) is 1.35. The first-order valence-corrected chi connectivity index (χ1v) is 5.04. The van der Waals surface area contributed by atoms with E-state index in [1.807, 2.05) is 0 Å². The second-order valence-electron chi connectivity index (χ2n) is 3.48. The maximum atomic E-state index is 11.6. The fraction of sp³-hybridized carbons (Fsp3) is 0.0769. The molecule has 0 fully saturated rings. The van der Waals surface area contributed by atoms with Crippen molar-refractivity contribution in [1.29, 1.82) is 0 Å². The van der Waals surface area contributed by atoms with Gasteiger partial charge in [0.1, 0.15) is 0 Å². The molecule has 0 aliphatic rings. The number of esters is 2. The van der Waals surface area contributed by atoms with Crippen molar-refractivity contribution in [3.63, 3.8) is 0 Å². The summed E-state index contributed by atoms with van der Waals surface area (Å²) in [5.41, 5.74) is 0.959. The van der Waals surface area contributed by atoms with Gasteiger partial charge in [-0.05, 0) is 25.1 Å². The number of aryl methyl sites for hydroxylation is 1. The largest absolute Gasteiger partial charge is 0.457 e. The van der Waals surface area contributed by atoms with Crippen molar-refractivity contribution in [3.8, 4) is 0 Å². The van der Waals surface area contributed by atoms with Crippen LogP contribution in [-0.2, 0) is 4.74 Å². The van der Waals surface area contributed by atoms with E-state index in [0.29, 0.717) is 11.1 Å². The van der Waals surface area contributed by atoms with Crippen molar-refractivity contribution < 1.29 is 18.7 Å². The number of carbonyl (C=O) groups excluding carboxylic acids is 2. The van der Waals surface area contributed by atoms with E-state index in [1.54, 1.807) is 43.3 Å². The Morgan fingerprint density at radius 1 is 1.06 bits per heavy atom. The van der Waals surface area contributed by atoms with Crippen LogP contribution in [0.3, 0.4) is 0 Å². The van der Waals surface area contributed by atoms with Crippen LogP contribution < -0.4 is 0 Å². The van der Waals surface area contributed by atoms with Crippen LogP contribution in [0.1, 0.15) is 26.5 Å². The summed E-state index contributed by atoms with van der Waals surface area (Å²) in [6.45, 7) is 1.70. The molecule has 0 atom stereocenters. The van der Waals surface area contributed by atoms with Gasteiger partial charge in [-0.15, -0.1) is 0 Å². The molecule has 1 aromatic carbocycles. The molecule has 0 amide bonds. The van der Waals surface area contributed by atoms with Crippen molar-refractivity contribution in [3.05, 3.63) is 59.5 Å². The number of benzene rings is 1. The summed E-state index contributed by atoms with van der Waals surface area (Å²) in [6.07, 6.45) is 1.37. The van der Waals surface area contributed by atoms with Crippen LogP contribution in [0.2, 0.25) is 0 Å². The zero-order chi connectivity index (χ0) is 12.3. The van der Waals surface area contributed by atoms with E-state index in [1.165, 1.54) is 6.26 Å². The van der Waals surface area contributed by atoms with Gasteiger partial charge in [-0.3, -0.25) is 0 Å². The van der Waals surface area contributed by atoms with E-state index in [0.717, 1.165) is 0 Å². The van der Waals surface area contributed by atoms with Crippen molar-refractivity contribution in [2.45, 2.75) is 6.92 Å². The van der Waals surface area contributed by atoms with Crippen LogP contribution in [0.4, 0.5) is 0 Å². The van der Waals surface area contributed by atoms with Gasteiger partial charge in [-0.1, -0.05) is 18.2 Å². The average molecular weight is 230 g/mol. The second kappa shape index (κ2) is 4.65. The molecule has 86 valence electrons. The molecule has 0 unspecified atom stereocenters. The Morgan fingerprint density at radius 3 is 2.35 bits per heavy atom. The van der Waals surface area contributed by atoms with Crippen molar-refractivity contribution in [2.24, 2.45) is 0 Å². The van der Waals surface area contributed by atoms with Crippen LogP contribution in [0.5, 0.6) is 0 Å². The lowest BCUT2D eigenvalue weighted by Gasteiger charge is -2.01. The van der Waals surface area contributed by atoms with Crippen LogP contribution in [0.25, 0.3) is 0 Å². The van der Waals surface area contributed by atoms with Gasteiger partial charge >= 0.3 is 11.9 Å². The molecule has 0 aliphatic heterocycles. The molecule has 0 bridgehead atoms. The lowest BCUT2D eigenvalue weighted by atomic mass is 10.2. The highest BCUT2D eigenvalue weighted by molar-refractivity contribution is 6.01. The molecule has 0 saturated heterocycles. The first kappa shape index (κ1) is 11.1. The molecule has 0 N–H and O–H groups in total. The average Bonchev–Trinajstić information content (AvgIpc) is 2.76. The van der Waals surface area contributed by atoms with Gasteiger partial charge in [0.25, 0.3) is 0 Å². The summed E-state index contributed by atoms with van der Waals surface area (Å²) in [7, 11) is 0. The van der Waals surface area contributed by atoms with Crippen molar-refractivity contribution in [1.82, 2.24) is 0 Å². The van der Waals surface area contributed by atoms with Gasteiger partial charge in [-0.2, -0.15) is 0 Å². The van der Waals surface area contributed by atoms with Gasteiger partial charge in [0.05, 0.1) is 11.8 Å². The summed E-state index contributed by atoms with van der Waals surface area (Å²) < 4.78 is 9.63. The molecule has 1 aromatic heterocycles. The lowest BCUT2D eigenvalue weighted by molar-refractivity contribution is 0.0375. The topological polar surface area (TPSA) is 56.5 Å². The molecule has 0 spiro atoms. The summed E-state index contributed by atoms with van der Waals surface area (Å²) in [6, 6.07) is 9.94. The normalized spacial score (nSPS) is 9.94. The predicted octanol–water partition coefficient (Wildman–Crippen LogP) is 2.59. The smallest absolute Gasteiger partial charge is 0.382 e. The molecule has 17 heavy (non-hydrogen) atoms. The first-order chi connectivity index (χ1) is 8.18. The summed E-state index contributed by atoms with van der Waals surface area (Å²) >= 11 is 0. The minimum Gasteiger partial charge on any atom is -0.457 e. The molecule has 0 radical (unpaired) electrons. The maximum absolute atomic E-state index is 11.6. The zero-order valence-corrected chi connectivity index (χ0v) is 9.17. The molecule has 0 aliphatic carbocycles. The number of carbonyl (C=O) groups is 2. The quantitative estimate of drug-likeness (QED) is 0.587. The minimum atomic E-state index is -0.777. The number of hydrogen-bond acceptors (Lipinski definition) is 4. The van der Waals surface area contributed by atoms with Gasteiger partial charge in [-0.25, -0.2) is 9.59 Å². The van der Waals surface area contributed by atoms with E-state index in [-0.39, 0.29) is 5.76 Å². The summed E-state index contributed by atoms with van der Waals surface area (Å²) in [5, 5.41) is 0. The van der Waals surface area contributed by atoms with E-state index >= 15 is 0 Å². The summed E-state index contributed by atoms with van der Waals surface area (Å²) in [5.74, 6) is -1.41. The van der Waals surface area contributed by atoms with Gasteiger partial charge in [0, 0.05) is 5.56 Å². The first-order valence-electron chi connectivity index (χ1n) is 5.04. The highest BCUT2D eigenvalue weighted by Gasteiger charge is 2.18. The van der Waals surface area contributed by atoms with E-state index in [9.17, 15) is 9.59 Å². The Labute approximate surface area is 97.8 Å². The van der Waals surface area contributed by atoms with Gasteiger partial charge in [0.15, 0.2) is 0 Å². The Hall–Kier alpha value is -2.36. The third kappa shape index (κ3) is 2.42. The SMILES string of the molecule is Cc1ccoc1C(=O)OC(=O)c1ccccc1. The highest BCUT2D eigenvalue weighted by atomic mass is 16.6. The number of furan rings is 1. The number of rotatable bonds is 2. The van der Waals surface area contributed by atoms with Gasteiger partial charge < -0.3 is 9.15 Å². The van der Waals surface area contributed by atoms with E-state index < -0.39 is 11.9 Å². The molecular weight excluding hydrogens is 220 g/mol. The zero-order valence-electron chi connectivity index (χ0n) is 9.17. The van der Waals surface area contributed by atoms with Crippen LogP contribution in [0, 0.1) is 6.92 Å². The van der Waals surface area contributed by atoms with Crippen LogP contribution >= 0.6 is 0 Å². The van der Waals surface area contributed by atoms with E-state index in [4.69, 9.17) is 9.15 Å². The standard InChI is InChI=1S/C13H10O4/c1-9-7-8-16-11(9)13(15)17-12(14)10-5-3-2-4-6-10/h2-8H,1H3. The molecule has 4 heteroatoms. The fourth-order valence-electron chi connectivity index (χ4n) is 1.35. The van der Waals surface area contributed by atoms with Gasteiger partial charge in [0.2, 0.25) is 5.76 Å². The lowest BCUT2D eigenvalue weighted by Crippen LogP contribution is -2.12. The molecule has 2 aromatic rings.